The predicted octanol–water partition coefficient (Wildman–Crippen LogP) is 4.51. The number of hydrogen-bond donors (Lipinski definition) is 0. The second-order valence-corrected chi connectivity index (χ2v) is 5.85. The smallest absolute Gasteiger partial charge is 0.161 e. The number of hydrogen-bond acceptors (Lipinski definition) is 3. The largest absolute Gasteiger partial charge is 0.486 e. The number of thioether (sulfide) groups is 1. The Bertz CT molecular complexity index is 598. The molecule has 0 saturated heterocycles. The lowest BCUT2D eigenvalue weighted by Gasteiger charge is -2.20. The molecule has 1 aliphatic heterocycles. The molecule has 0 saturated carbocycles. The highest BCUT2D eigenvalue weighted by atomic mass is 35.5. The van der Waals surface area contributed by atoms with Gasteiger partial charge in [-0.15, -0.1) is 23.4 Å². The molecule has 0 spiro atoms. The molecule has 0 radical (unpaired) electrons. The van der Waals surface area contributed by atoms with Crippen LogP contribution in [0, 0.1) is 0 Å². The zero-order valence-electron chi connectivity index (χ0n) is 11.1. The molecule has 0 bridgehead atoms. The van der Waals surface area contributed by atoms with E-state index in [1.165, 1.54) is 4.90 Å². The molecule has 1 atom stereocenters. The van der Waals surface area contributed by atoms with Crippen LogP contribution in [0.5, 0.6) is 11.5 Å². The van der Waals surface area contributed by atoms with E-state index in [1.54, 1.807) is 11.8 Å². The number of alkyl halides is 1. The molecule has 0 N–H and O–H groups in total. The molecule has 104 valence electrons. The Morgan fingerprint density at radius 2 is 1.60 bits per heavy atom. The molecule has 0 aliphatic carbocycles. The van der Waals surface area contributed by atoms with Crippen molar-refractivity contribution in [3.05, 3.63) is 53.6 Å². The van der Waals surface area contributed by atoms with Gasteiger partial charge in [-0.25, -0.2) is 0 Å². The van der Waals surface area contributed by atoms with Crippen molar-refractivity contribution in [2.75, 3.05) is 19.5 Å². The van der Waals surface area contributed by atoms with E-state index in [4.69, 9.17) is 21.1 Å². The van der Waals surface area contributed by atoms with Crippen molar-refractivity contribution in [1.82, 2.24) is 0 Å². The van der Waals surface area contributed by atoms with Crippen LogP contribution in [0.4, 0.5) is 0 Å². The maximum absolute atomic E-state index is 6.57. The van der Waals surface area contributed by atoms with Gasteiger partial charge in [-0.3, -0.25) is 0 Å². The minimum Gasteiger partial charge on any atom is -0.486 e. The van der Waals surface area contributed by atoms with Gasteiger partial charge < -0.3 is 9.47 Å². The van der Waals surface area contributed by atoms with Crippen LogP contribution in [0.1, 0.15) is 16.5 Å². The Hall–Kier alpha value is -1.32. The van der Waals surface area contributed by atoms with E-state index in [2.05, 4.69) is 30.5 Å². The summed E-state index contributed by atoms with van der Waals surface area (Å²) in [6.07, 6.45) is 2.06. The lowest BCUT2D eigenvalue weighted by atomic mass is 10.0. The van der Waals surface area contributed by atoms with Crippen molar-refractivity contribution in [3.63, 3.8) is 0 Å². The van der Waals surface area contributed by atoms with Crippen LogP contribution >= 0.6 is 23.4 Å². The van der Waals surface area contributed by atoms with Crippen molar-refractivity contribution in [3.8, 4) is 11.5 Å². The maximum Gasteiger partial charge on any atom is 0.161 e. The second-order valence-electron chi connectivity index (χ2n) is 4.54. The fourth-order valence-corrected chi connectivity index (χ4v) is 2.87. The van der Waals surface area contributed by atoms with Gasteiger partial charge in [0.15, 0.2) is 11.5 Å². The Morgan fingerprint density at radius 3 is 2.30 bits per heavy atom. The number of halogens is 1. The summed E-state index contributed by atoms with van der Waals surface area (Å²) in [6.45, 7) is 1.19. The third-order valence-corrected chi connectivity index (χ3v) is 4.51. The van der Waals surface area contributed by atoms with Crippen molar-refractivity contribution >= 4 is 23.4 Å². The van der Waals surface area contributed by atoms with E-state index >= 15 is 0 Å². The highest BCUT2D eigenvalue weighted by Gasteiger charge is 2.16. The van der Waals surface area contributed by atoms with Crippen LogP contribution < -0.4 is 9.47 Å². The van der Waals surface area contributed by atoms with E-state index in [-0.39, 0.29) is 5.38 Å². The third kappa shape index (κ3) is 2.74. The Kier molecular flexibility index (Phi) is 4.08. The predicted molar refractivity (Wildman–Crippen MR) is 83.4 cm³/mol. The zero-order valence-corrected chi connectivity index (χ0v) is 12.7. The van der Waals surface area contributed by atoms with Crippen LogP contribution in [-0.2, 0) is 0 Å². The first kappa shape index (κ1) is 13.7. The van der Waals surface area contributed by atoms with Gasteiger partial charge in [0.05, 0.1) is 5.38 Å². The minimum absolute atomic E-state index is 0.179. The molecule has 0 amide bonds. The molecule has 3 rings (SSSR count). The standard InChI is InChI=1S/C16H15ClO2S/c1-20-13-5-2-11(3-6-13)16(17)12-4-7-14-15(10-12)19-9-8-18-14/h2-7,10,16H,8-9H2,1H3. The number of ether oxygens (including phenoxy) is 2. The summed E-state index contributed by atoms with van der Waals surface area (Å²) in [5, 5.41) is -0.179. The summed E-state index contributed by atoms with van der Waals surface area (Å²) in [5.74, 6) is 1.57. The second kappa shape index (κ2) is 5.98. The van der Waals surface area contributed by atoms with E-state index in [0.29, 0.717) is 13.2 Å². The highest BCUT2D eigenvalue weighted by molar-refractivity contribution is 7.98. The van der Waals surface area contributed by atoms with Crippen molar-refractivity contribution in [2.45, 2.75) is 10.3 Å². The first-order valence-corrected chi connectivity index (χ1v) is 8.11. The molecule has 1 heterocycles. The number of rotatable bonds is 3. The van der Waals surface area contributed by atoms with E-state index < -0.39 is 0 Å². The molecular formula is C16H15ClO2S. The lowest BCUT2D eigenvalue weighted by Crippen LogP contribution is -2.15. The first-order valence-electron chi connectivity index (χ1n) is 6.45. The Morgan fingerprint density at radius 1 is 0.950 bits per heavy atom. The van der Waals surface area contributed by atoms with Crippen molar-refractivity contribution in [1.29, 1.82) is 0 Å². The fourth-order valence-electron chi connectivity index (χ4n) is 2.18. The quantitative estimate of drug-likeness (QED) is 0.614. The van der Waals surface area contributed by atoms with Gasteiger partial charge in [0.2, 0.25) is 0 Å². The summed E-state index contributed by atoms with van der Waals surface area (Å²) < 4.78 is 11.1. The van der Waals surface area contributed by atoms with E-state index in [0.717, 1.165) is 22.6 Å². The van der Waals surface area contributed by atoms with Crippen LogP contribution in [-0.4, -0.2) is 19.5 Å². The molecule has 2 nitrogen and oxygen atoms in total. The van der Waals surface area contributed by atoms with Gasteiger partial charge in [0, 0.05) is 4.90 Å². The summed E-state index contributed by atoms with van der Waals surface area (Å²) in [6, 6.07) is 14.2. The van der Waals surface area contributed by atoms with Gasteiger partial charge in [-0.1, -0.05) is 18.2 Å². The van der Waals surface area contributed by atoms with Gasteiger partial charge in [0.1, 0.15) is 13.2 Å². The Labute approximate surface area is 128 Å². The van der Waals surface area contributed by atoms with Gasteiger partial charge in [0.25, 0.3) is 0 Å². The van der Waals surface area contributed by atoms with Crippen LogP contribution in [0.2, 0.25) is 0 Å². The average molecular weight is 307 g/mol. The highest BCUT2D eigenvalue weighted by Crippen LogP contribution is 2.37. The summed E-state index contributed by atoms with van der Waals surface area (Å²) in [5.41, 5.74) is 2.11. The van der Waals surface area contributed by atoms with Gasteiger partial charge in [-0.2, -0.15) is 0 Å². The summed E-state index contributed by atoms with van der Waals surface area (Å²) >= 11 is 8.29. The molecule has 0 fully saturated rings. The fraction of sp³-hybridized carbons (Fsp3) is 0.250. The topological polar surface area (TPSA) is 18.5 Å². The molecular weight excluding hydrogens is 292 g/mol. The Balaban J connectivity index is 1.87. The van der Waals surface area contributed by atoms with Crippen molar-refractivity contribution in [2.24, 2.45) is 0 Å². The molecule has 2 aromatic rings. The normalized spacial score (nSPS) is 14.9. The number of fused-ring (bicyclic) bond motifs is 1. The van der Waals surface area contributed by atoms with Gasteiger partial charge >= 0.3 is 0 Å². The SMILES string of the molecule is CSc1ccc(C(Cl)c2ccc3c(c2)OCCO3)cc1. The van der Waals surface area contributed by atoms with E-state index in [9.17, 15) is 0 Å². The maximum atomic E-state index is 6.57. The molecule has 1 aliphatic rings. The van der Waals surface area contributed by atoms with Crippen LogP contribution in [0.25, 0.3) is 0 Å². The molecule has 0 aromatic heterocycles. The molecule has 20 heavy (non-hydrogen) atoms. The third-order valence-electron chi connectivity index (χ3n) is 3.27. The van der Waals surface area contributed by atoms with Crippen LogP contribution in [0.3, 0.4) is 0 Å². The van der Waals surface area contributed by atoms with Crippen LogP contribution in [0.15, 0.2) is 47.4 Å². The first-order chi connectivity index (χ1) is 9.78. The lowest BCUT2D eigenvalue weighted by molar-refractivity contribution is 0.171. The average Bonchev–Trinajstić information content (AvgIpc) is 2.54. The minimum atomic E-state index is -0.179. The molecule has 2 aromatic carbocycles. The molecule has 4 heteroatoms. The zero-order chi connectivity index (χ0) is 13.9. The monoisotopic (exact) mass is 306 g/mol. The van der Waals surface area contributed by atoms with E-state index in [1.807, 2.05) is 18.2 Å². The van der Waals surface area contributed by atoms with Crippen molar-refractivity contribution < 1.29 is 9.47 Å². The van der Waals surface area contributed by atoms with Gasteiger partial charge in [-0.05, 0) is 41.6 Å². The summed E-state index contributed by atoms with van der Waals surface area (Å²) in [4.78, 5) is 1.24. The number of benzene rings is 2. The molecule has 1 unspecified atom stereocenters. The summed E-state index contributed by atoms with van der Waals surface area (Å²) in [7, 11) is 0.